The lowest BCUT2D eigenvalue weighted by Gasteiger charge is -2.65. The van der Waals surface area contributed by atoms with Crippen molar-refractivity contribution < 1.29 is 77.1 Å². The number of rotatable bonds is 6. The van der Waals surface area contributed by atoms with Crippen LogP contribution >= 0.6 is 0 Å². The maximum atomic E-state index is 14.2. The molecule has 7 fully saturated rings. The summed E-state index contributed by atoms with van der Waals surface area (Å²) in [7, 11) is 2.23. The standard InChI is InChI=1S/C35H44O16/c1-8-15(2)24(38)49-18-12-19(48-16(3)36)32(26(39)43-6)13-46-21-22(32)31(18)14-47-34(42,27(40)44-7)25(31)29(4,23(21)37)35-20-11-17(30(35,5)51-35)33(41)9-10-45-28(33)50-20/h8-10,17-23,25,28,37,41-42H,11-14H2,1-7H3/b15-8+/t17-,18-,19+,20+,21+,22+,23+,25-,28-,29+,30-,31-,32-,33-,34-,35-/m0/s1. The molecule has 2 bridgehead atoms. The van der Waals surface area contributed by atoms with E-state index in [-0.39, 0.29) is 18.4 Å². The average molecular weight is 721 g/mol. The molecule has 3 N–H and O–H groups in total. The number of fused-ring (bicyclic) bond motifs is 7. The summed E-state index contributed by atoms with van der Waals surface area (Å²) in [6.45, 7) is 6.88. The van der Waals surface area contributed by atoms with Crippen LogP contribution in [0.25, 0.3) is 0 Å². The third-order valence-corrected chi connectivity index (χ3v) is 14.1. The first-order valence-corrected chi connectivity index (χ1v) is 17.2. The molecule has 51 heavy (non-hydrogen) atoms. The van der Waals surface area contributed by atoms with Gasteiger partial charge < -0.3 is 58.0 Å². The van der Waals surface area contributed by atoms with Crippen molar-refractivity contribution in [2.75, 3.05) is 27.4 Å². The Morgan fingerprint density at radius 2 is 1.67 bits per heavy atom. The average Bonchev–Trinajstić information content (AvgIpc) is 3.47. The van der Waals surface area contributed by atoms with Crippen LogP contribution in [0.15, 0.2) is 24.0 Å². The van der Waals surface area contributed by atoms with E-state index in [0.717, 1.165) is 14.2 Å². The fraction of sp³-hybridized carbons (Fsp3) is 0.771. The van der Waals surface area contributed by atoms with Crippen LogP contribution in [0.3, 0.4) is 0 Å². The maximum absolute atomic E-state index is 14.2. The van der Waals surface area contributed by atoms with E-state index in [0.29, 0.717) is 0 Å². The second kappa shape index (κ2) is 10.5. The lowest BCUT2D eigenvalue weighted by molar-refractivity contribution is -0.314. The van der Waals surface area contributed by atoms with Gasteiger partial charge in [0.05, 0.1) is 52.0 Å². The third-order valence-electron chi connectivity index (χ3n) is 14.1. The van der Waals surface area contributed by atoms with E-state index in [4.69, 9.17) is 42.6 Å². The van der Waals surface area contributed by atoms with E-state index in [1.807, 2.05) is 0 Å². The molecule has 8 aliphatic rings. The highest BCUT2D eigenvalue weighted by Crippen LogP contribution is 2.83. The lowest BCUT2D eigenvalue weighted by Crippen LogP contribution is -2.79. The first-order chi connectivity index (χ1) is 23.9. The molecule has 1 spiro atoms. The first kappa shape index (κ1) is 34.9. The van der Waals surface area contributed by atoms with E-state index >= 15 is 0 Å². The Bertz CT molecular complexity index is 1660. The molecule has 5 heterocycles. The van der Waals surface area contributed by atoms with Gasteiger partial charge in [0.1, 0.15) is 28.8 Å². The summed E-state index contributed by atoms with van der Waals surface area (Å²) in [5.41, 5.74) is -9.47. The number of ether oxygens (including phenoxy) is 9. The minimum atomic E-state index is -2.82. The Kier molecular flexibility index (Phi) is 7.20. The Hall–Kier alpha value is -3.12. The highest BCUT2D eigenvalue weighted by atomic mass is 16.7. The van der Waals surface area contributed by atoms with Gasteiger partial charge in [0.25, 0.3) is 5.79 Å². The smallest absolute Gasteiger partial charge is 0.366 e. The maximum Gasteiger partial charge on any atom is 0.366 e. The van der Waals surface area contributed by atoms with Crippen LogP contribution in [0.2, 0.25) is 0 Å². The Balaban J connectivity index is 1.40. The molecule has 16 atom stereocenters. The summed E-state index contributed by atoms with van der Waals surface area (Å²) in [5.74, 6) is -9.76. The molecule has 4 saturated heterocycles. The molecule has 16 nitrogen and oxygen atoms in total. The quantitative estimate of drug-likeness (QED) is 0.140. The number of carbonyl (C=O) groups excluding carboxylic acids is 4. The van der Waals surface area contributed by atoms with E-state index in [1.54, 1.807) is 33.8 Å². The molecule has 3 aliphatic carbocycles. The molecule has 8 rings (SSSR count). The van der Waals surface area contributed by atoms with Gasteiger partial charge in [-0.3, -0.25) is 9.59 Å². The number of epoxide rings is 1. The zero-order chi connectivity index (χ0) is 36.9. The summed E-state index contributed by atoms with van der Waals surface area (Å²) >= 11 is 0. The second-order valence-electron chi connectivity index (χ2n) is 15.8. The zero-order valence-corrected chi connectivity index (χ0v) is 29.4. The lowest BCUT2D eigenvalue weighted by atomic mass is 9.37. The predicted octanol–water partition coefficient (Wildman–Crippen LogP) is -0.203. The van der Waals surface area contributed by atoms with Crippen molar-refractivity contribution in [1.82, 2.24) is 0 Å². The van der Waals surface area contributed by atoms with Gasteiger partial charge in [-0.2, -0.15) is 0 Å². The van der Waals surface area contributed by atoms with Crippen LogP contribution in [0, 0.1) is 34.0 Å². The number of esters is 4. The van der Waals surface area contributed by atoms with Crippen molar-refractivity contribution in [1.29, 1.82) is 0 Å². The zero-order valence-electron chi connectivity index (χ0n) is 29.4. The number of carbonyl (C=O) groups is 4. The van der Waals surface area contributed by atoms with Crippen LogP contribution < -0.4 is 0 Å². The van der Waals surface area contributed by atoms with Gasteiger partial charge in [-0.05, 0) is 33.3 Å². The Labute approximate surface area is 293 Å². The molecule has 0 amide bonds. The van der Waals surface area contributed by atoms with Crippen molar-refractivity contribution in [3.63, 3.8) is 0 Å². The monoisotopic (exact) mass is 720 g/mol. The normalized spacial score (nSPS) is 53.9. The fourth-order valence-corrected chi connectivity index (χ4v) is 12.2. The fourth-order valence-electron chi connectivity index (χ4n) is 12.2. The molecule has 3 saturated carbocycles. The van der Waals surface area contributed by atoms with Gasteiger partial charge in [0.2, 0.25) is 6.29 Å². The number of hydrogen-bond donors (Lipinski definition) is 3. The summed E-state index contributed by atoms with van der Waals surface area (Å²) in [4.78, 5) is 54.4. The molecular formula is C35H44O16. The van der Waals surface area contributed by atoms with Crippen molar-refractivity contribution in [2.45, 2.75) is 107 Å². The van der Waals surface area contributed by atoms with E-state index in [9.17, 15) is 34.5 Å². The van der Waals surface area contributed by atoms with E-state index < -0.39 is 130 Å². The Morgan fingerprint density at radius 1 is 0.961 bits per heavy atom. The second-order valence-corrected chi connectivity index (χ2v) is 15.8. The number of allylic oxidation sites excluding steroid dienone is 1. The molecule has 16 heteroatoms. The number of methoxy groups -OCH3 is 2. The van der Waals surface area contributed by atoms with Crippen molar-refractivity contribution >= 4 is 23.9 Å². The van der Waals surface area contributed by atoms with Crippen molar-refractivity contribution in [3.8, 4) is 0 Å². The minimum absolute atomic E-state index is 0.235. The van der Waals surface area contributed by atoms with Gasteiger partial charge in [-0.25, -0.2) is 9.59 Å². The van der Waals surface area contributed by atoms with Crippen molar-refractivity contribution in [2.24, 2.45) is 34.0 Å². The van der Waals surface area contributed by atoms with Crippen molar-refractivity contribution in [3.05, 3.63) is 24.0 Å². The topological polar surface area (TPSA) is 215 Å². The van der Waals surface area contributed by atoms with E-state index in [1.165, 1.54) is 19.3 Å². The van der Waals surface area contributed by atoms with Gasteiger partial charge in [-0.1, -0.05) is 13.0 Å². The molecule has 0 aromatic heterocycles. The number of hydrogen-bond acceptors (Lipinski definition) is 16. The van der Waals surface area contributed by atoms with Gasteiger partial charge in [-0.15, -0.1) is 0 Å². The van der Waals surface area contributed by atoms with E-state index in [2.05, 4.69) is 0 Å². The van der Waals surface area contributed by atoms with Crippen LogP contribution in [0.4, 0.5) is 0 Å². The molecule has 0 aromatic carbocycles. The van der Waals surface area contributed by atoms with Gasteiger partial charge in [0, 0.05) is 47.5 Å². The highest BCUT2D eigenvalue weighted by Gasteiger charge is 2.97. The van der Waals surface area contributed by atoms with Crippen LogP contribution in [0.1, 0.15) is 47.5 Å². The summed E-state index contributed by atoms with van der Waals surface area (Å²) in [5, 5.41) is 37.4. The first-order valence-electron chi connectivity index (χ1n) is 17.2. The minimum Gasteiger partial charge on any atom is -0.469 e. The van der Waals surface area contributed by atoms with Gasteiger partial charge in [0.15, 0.2) is 5.60 Å². The highest BCUT2D eigenvalue weighted by molar-refractivity contribution is 5.88. The number of aliphatic hydroxyl groups excluding tert-OH is 1. The molecule has 5 aliphatic heterocycles. The molecule has 280 valence electrons. The van der Waals surface area contributed by atoms with Crippen LogP contribution in [-0.2, 0) is 61.8 Å². The Morgan fingerprint density at radius 3 is 2.31 bits per heavy atom. The molecule has 0 aromatic rings. The molecule has 0 unspecified atom stereocenters. The number of aliphatic hydroxyl groups is 3. The predicted molar refractivity (Wildman–Crippen MR) is 164 cm³/mol. The molecule has 0 radical (unpaired) electrons. The van der Waals surface area contributed by atoms with Crippen LogP contribution in [0.5, 0.6) is 0 Å². The largest absolute Gasteiger partial charge is 0.469 e. The van der Waals surface area contributed by atoms with Crippen LogP contribution in [-0.4, -0.2) is 126 Å². The van der Waals surface area contributed by atoms with Gasteiger partial charge >= 0.3 is 23.9 Å². The third kappa shape index (κ3) is 3.65. The summed E-state index contributed by atoms with van der Waals surface area (Å²) in [6.07, 6.45) is -3.11. The summed E-state index contributed by atoms with van der Waals surface area (Å²) in [6, 6.07) is 0. The summed E-state index contributed by atoms with van der Waals surface area (Å²) < 4.78 is 54.0. The SMILES string of the molecule is C/C=C(\C)C(=O)O[C@H]1C[C@@H](OC(C)=O)[C@@]2(C(=O)OC)CO[C@H]3[C@@H](O)[C@@](C)([C@]45O[C@@]4(C)[C@@H]4C[C@H]5O[C@@H]5OC=C[C@@]54O)[C@H]4[C@]1(CO[C@]4(O)C(=O)OC)[C@@H]32. The molecular weight excluding hydrogens is 676 g/mol.